The summed E-state index contributed by atoms with van der Waals surface area (Å²) in [5, 5.41) is 4.52. The zero-order valence-corrected chi connectivity index (χ0v) is 14.6. The Morgan fingerprint density at radius 1 is 1.17 bits per heavy atom. The van der Waals surface area contributed by atoms with Crippen molar-refractivity contribution in [3.63, 3.8) is 0 Å². The molecule has 24 heavy (non-hydrogen) atoms. The first kappa shape index (κ1) is 15.3. The quantitative estimate of drug-likeness (QED) is 0.740. The topological polar surface area (TPSA) is 51.2 Å². The molecular formula is C18H24N6. The summed E-state index contributed by atoms with van der Waals surface area (Å²) in [6.07, 6.45) is 4.62. The number of imidazole rings is 1. The van der Waals surface area contributed by atoms with Crippen LogP contribution in [0.4, 0.5) is 0 Å². The largest absolute Gasteiger partial charge is 0.304 e. The van der Waals surface area contributed by atoms with Crippen molar-refractivity contribution in [1.82, 2.24) is 29.0 Å². The Morgan fingerprint density at radius 2 is 2.04 bits per heavy atom. The molecule has 0 bridgehead atoms. The Hall–Kier alpha value is -2.21. The minimum Gasteiger partial charge on any atom is -0.304 e. The number of aromatic nitrogens is 5. The summed E-state index contributed by atoms with van der Waals surface area (Å²) < 4.78 is 4.22. The van der Waals surface area contributed by atoms with Gasteiger partial charge in [-0.15, -0.1) is 0 Å². The van der Waals surface area contributed by atoms with Crippen molar-refractivity contribution >= 4 is 5.65 Å². The monoisotopic (exact) mass is 324 g/mol. The molecule has 0 saturated carbocycles. The first-order chi connectivity index (χ1) is 11.6. The van der Waals surface area contributed by atoms with Gasteiger partial charge in [-0.25, -0.2) is 14.6 Å². The van der Waals surface area contributed by atoms with Gasteiger partial charge in [-0.1, -0.05) is 6.07 Å². The van der Waals surface area contributed by atoms with Crippen LogP contribution in [0, 0.1) is 20.8 Å². The van der Waals surface area contributed by atoms with Crippen LogP contribution in [0.25, 0.3) is 5.65 Å². The molecule has 0 aliphatic carbocycles. The van der Waals surface area contributed by atoms with E-state index >= 15 is 0 Å². The van der Waals surface area contributed by atoms with Crippen LogP contribution < -0.4 is 0 Å². The molecule has 3 aromatic heterocycles. The van der Waals surface area contributed by atoms with Crippen LogP contribution in [-0.2, 0) is 13.1 Å². The minimum absolute atomic E-state index is 0.510. The predicted molar refractivity (Wildman–Crippen MR) is 92.9 cm³/mol. The number of rotatable bonds is 4. The first-order valence-corrected chi connectivity index (χ1v) is 8.66. The van der Waals surface area contributed by atoms with E-state index in [1.54, 1.807) is 0 Å². The van der Waals surface area contributed by atoms with E-state index in [9.17, 15) is 0 Å². The standard InChI is InChI=1S/C18H24N6/c1-13-6-4-8-18-20-16(11-23(13)18)10-22-9-5-7-17(22)12-24-15(3)19-14(2)21-24/h4,6,8,11,17H,5,7,9-10,12H2,1-3H3/t17-/m1/s1. The van der Waals surface area contributed by atoms with E-state index in [0.29, 0.717) is 6.04 Å². The second-order valence-corrected chi connectivity index (χ2v) is 6.78. The second-order valence-electron chi connectivity index (χ2n) is 6.78. The first-order valence-electron chi connectivity index (χ1n) is 8.66. The van der Waals surface area contributed by atoms with Crippen molar-refractivity contribution in [3.05, 3.63) is 47.4 Å². The highest BCUT2D eigenvalue weighted by molar-refractivity contribution is 5.41. The number of likely N-dealkylation sites (tertiary alicyclic amines) is 1. The normalized spacial score (nSPS) is 18.7. The third kappa shape index (κ3) is 2.82. The number of fused-ring (bicyclic) bond motifs is 1. The molecule has 0 unspecified atom stereocenters. The zero-order valence-electron chi connectivity index (χ0n) is 14.6. The van der Waals surface area contributed by atoms with Gasteiger partial charge < -0.3 is 4.40 Å². The highest BCUT2D eigenvalue weighted by Crippen LogP contribution is 2.22. The maximum atomic E-state index is 4.79. The van der Waals surface area contributed by atoms with Gasteiger partial charge in [0.05, 0.1) is 12.2 Å². The van der Waals surface area contributed by atoms with Gasteiger partial charge in [0, 0.05) is 24.5 Å². The van der Waals surface area contributed by atoms with E-state index in [2.05, 4.69) is 50.7 Å². The minimum atomic E-state index is 0.510. The maximum Gasteiger partial charge on any atom is 0.147 e. The molecule has 6 nitrogen and oxygen atoms in total. The number of aryl methyl sites for hydroxylation is 3. The number of hydrogen-bond donors (Lipinski definition) is 0. The summed E-state index contributed by atoms with van der Waals surface area (Å²) in [4.78, 5) is 11.7. The van der Waals surface area contributed by atoms with Crippen LogP contribution in [0.1, 0.15) is 35.9 Å². The van der Waals surface area contributed by atoms with Crippen molar-refractivity contribution in [2.45, 2.75) is 52.7 Å². The SMILES string of the molecule is Cc1nc(C)n(C[C@H]2CCCN2Cc2cn3c(C)cccc3n2)n1. The predicted octanol–water partition coefficient (Wildman–Crippen LogP) is 2.52. The zero-order chi connectivity index (χ0) is 16.7. The number of nitrogens with zero attached hydrogens (tertiary/aromatic N) is 6. The third-order valence-corrected chi connectivity index (χ3v) is 4.96. The van der Waals surface area contributed by atoms with Crippen molar-refractivity contribution in [2.75, 3.05) is 6.54 Å². The summed E-state index contributed by atoms with van der Waals surface area (Å²) in [7, 11) is 0. The molecule has 0 amide bonds. The Kier molecular flexibility index (Phi) is 3.84. The fourth-order valence-corrected chi connectivity index (χ4v) is 3.73. The molecule has 6 heteroatoms. The van der Waals surface area contributed by atoms with Crippen LogP contribution in [-0.4, -0.2) is 41.6 Å². The fourth-order valence-electron chi connectivity index (χ4n) is 3.73. The van der Waals surface area contributed by atoms with Crippen LogP contribution in [0.3, 0.4) is 0 Å². The maximum absolute atomic E-state index is 4.79. The third-order valence-electron chi connectivity index (χ3n) is 4.96. The smallest absolute Gasteiger partial charge is 0.147 e. The lowest BCUT2D eigenvalue weighted by Crippen LogP contribution is -2.33. The summed E-state index contributed by atoms with van der Waals surface area (Å²) in [5.74, 6) is 1.86. The van der Waals surface area contributed by atoms with Crippen LogP contribution in [0.15, 0.2) is 24.4 Å². The molecule has 4 rings (SSSR count). The van der Waals surface area contributed by atoms with Gasteiger partial charge in [-0.3, -0.25) is 4.90 Å². The summed E-state index contributed by atoms with van der Waals surface area (Å²) in [6.45, 7) is 9.05. The van der Waals surface area contributed by atoms with Gasteiger partial charge in [-0.2, -0.15) is 5.10 Å². The molecule has 0 aromatic carbocycles. The van der Waals surface area contributed by atoms with E-state index < -0.39 is 0 Å². The van der Waals surface area contributed by atoms with Gasteiger partial charge in [0.15, 0.2) is 0 Å². The molecule has 1 saturated heterocycles. The average Bonchev–Trinajstić information content (AvgIpc) is 3.21. The molecule has 0 N–H and O–H groups in total. The summed E-state index contributed by atoms with van der Waals surface area (Å²) in [6, 6.07) is 6.76. The molecule has 0 radical (unpaired) electrons. The summed E-state index contributed by atoms with van der Waals surface area (Å²) >= 11 is 0. The second kappa shape index (κ2) is 6.02. The molecule has 1 atom stereocenters. The lowest BCUT2D eigenvalue weighted by Gasteiger charge is -2.23. The van der Waals surface area contributed by atoms with Crippen molar-refractivity contribution < 1.29 is 0 Å². The molecule has 1 aliphatic rings. The van der Waals surface area contributed by atoms with E-state index in [1.165, 1.54) is 18.5 Å². The summed E-state index contributed by atoms with van der Waals surface area (Å²) in [5.41, 5.74) is 3.39. The van der Waals surface area contributed by atoms with E-state index in [1.807, 2.05) is 18.5 Å². The van der Waals surface area contributed by atoms with E-state index in [4.69, 9.17) is 4.98 Å². The van der Waals surface area contributed by atoms with E-state index in [-0.39, 0.29) is 0 Å². The van der Waals surface area contributed by atoms with Gasteiger partial charge in [0.25, 0.3) is 0 Å². The highest BCUT2D eigenvalue weighted by Gasteiger charge is 2.26. The van der Waals surface area contributed by atoms with E-state index in [0.717, 1.165) is 42.6 Å². The van der Waals surface area contributed by atoms with Gasteiger partial charge in [0.1, 0.15) is 17.3 Å². The molecular weight excluding hydrogens is 300 g/mol. The molecule has 126 valence electrons. The Morgan fingerprint density at radius 3 is 2.79 bits per heavy atom. The number of pyridine rings is 1. The molecule has 3 aromatic rings. The van der Waals surface area contributed by atoms with Crippen molar-refractivity contribution in [3.8, 4) is 0 Å². The van der Waals surface area contributed by atoms with Crippen LogP contribution in [0.5, 0.6) is 0 Å². The lowest BCUT2D eigenvalue weighted by molar-refractivity contribution is 0.216. The highest BCUT2D eigenvalue weighted by atomic mass is 15.4. The van der Waals surface area contributed by atoms with Gasteiger partial charge >= 0.3 is 0 Å². The van der Waals surface area contributed by atoms with Crippen LogP contribution in [0.2, 0.25) is 0 Å². The van der Waals surface area contributed by atoms with Crippen molar-refractivity contribution in [2.24, 2.45) is 0 Å². The Balaban J connectivity index is 1.52. The van der Waals surface area contributed by atoms with Crippen molar-refractivity contribution in [1.29, 1.82) is 0 Å². The Bertz CT molecular complexity index is 862. The fraction of sp³-hybridized carbons (Fsp3) is 0.500. The van der Waals surface area contributed by atoms with Gasteiger partial charge in [-0.05, 0) is 52.3 Å². The molecule has 1 fully saturated rings. The molecule has 0 spiro atoms. The van der Waals surface area contributed by atoms with Gasteiger partial charge in [0.2, 0.25) is 0 Å². The average molecular weight is 324 g/mol. The van der Waals surface area contributed by atoms with Crippen LogP contribution >= 0.6 is 0 Å². The molecule has 1 aliphatic heterocycles. The molecule has 4 heterocycles. The number of hydrogen-bond acceptors (Lipinski definition) is 4. The lowest BCUT2D eigenvalue weighted by atomic mass is 10.2. The Labute approximate surface area is 142 Å².